The van der Waals surface area contributed by atoms with Gasteiger partial charge in [-0.3, -0.25) is 0 Å². The molecule has 0 unspecified atom stereocenters. The molecule has 114 valence electrons. The maximum Gasteiger partial charge on any atom is 0.418 e. The van der Waals surface area contributed by atoms with E-state index in [-0.39, 0.29) is 11.7 Å². The molecule has 0 saturated carbocycles. The first kappa shape index (κ1) is 15.2. The summed E-state index contributed by atoms with van der Waals surface area (Å²) in [5.74, 6) is 0.374. The minimum atomic E-state index is -4.43. The Balaban J connectivity index is 2.49. The molecule has 1 heterocycles. The van der Waals surface area contributed by atoms with E-state index in [9.17, 15) is 13.2 Å². The SMILES string of the molecule is Cc1nn(C(C)C)c(Nc2ccccc2C(F)(F)F)c1N. The van der Waals surface area contributed by atoms with E-state index in [0.29, 0.717) is 17.2 Å². The first-order valence-corrected chi connectivity index (χ1v) is 6.49. The fourth-order valence-corrected chi connectivity index (χ4v) is 2.03. The van der Waals surface area contributed by atoms with E-state index >= 15 is 0 Å². The minimum Gasteiger partial charge on any atom is -0.394 e. The number of alkyl halides is 3. The van der Waals surface area contributed by atoms with Crippen LogP contribution in [0.4, 0.5) is 30.4 Å². The lowest BCUT2D eigenvalue weighted by Gasteiger charge is -2.17. The van der Waals surface area contributed by atoms with E-state index in [0.717, 1.165) is 6.07 Å². The fraction of sp³-hybridized carbons (Fsp3) is 0.357. The van der Waals surface area contributed by atoms with Crippen LogP contribution in [-0.4, -0.2) is 9.78 Å². The van der Waals surface area contributed by atoms with Gasteiger partial charge in [0.25, 0.3) is 0 Å². The number of hydrogen-bond donors (Lipinski definition) is 2. The summed E-state index contributed by atoms with van der Waals surface area (Å²) in [5.41, 5.74) is 6.07. The van der Waals surface area contributed by atoms with Crippen molar-refractivity contribution < 1.29 is 13.2 Å². The van der Waals surface area contributed by atoms with Gasteiger partial charge in [0.2, 0.25) is 0 Å². The Morgan fingerprint density at radius 2 is 1.86 bits per heavy atom. The Hall–Kier alpha value is -2.18. The predicted octanol–water partition coefficient (Wildman–Crippen LogP) is 4.12. The van der Waals surface area contributed by atoms with Crippen molar-refractivity contribution in [1.82, 2.24) is 9.78 Å². The van der Waals surface area contributed by atoms with E-state index in [1.165, 1.54) is 18.2 Å². The zero-order valence-corrected chi connectivity index (χ0v) is 12.0. The standard InChI is InChI=1S/C14H17F3N4/c1-8(2)21-13(12(18)9(3)20-21)19-11-7-5-4-6-10(11)14(15,16)17/h4-8,19H,18H2,1-3H3. The van der Waals surface area contributed by atoms with Gasteiger partial charge in [0.1, 0.15) is 0 Å². The highest BCUT2D eigenvalue weighted by Crippen LogP contribution is 2.37. The van der Waals surface area contributed by atoms with Gasteiger partial charge in [0.05, 0.1) is 22.6 Å². The lowest BCUT2D eigenvalue weighted by molar-refractivity contribution is -0.136. The van der Waals surface area contributed by atoms with Gasteiger partial charge in [-0.1, -0.05) is 12.1 Å². The summed E-state index contributed by atoms with van der Waals surface area (Å²) in [6.45, 7) is 5.48. The molecule has 4 nitrogen and oxygen atoms in total. The number of anilines is 3. The second kappa shape index (κ2) is 5.31. The van der Waals surface area contributed by atoms with Gasteiger partial charge in [0.15, 0.2) is 5.82 Å². The molecule has 0 aliphatic carbocycles. The number of nitrogens with two attached hydrogens (primary N) is 1. The van der Waals surface area contributed by atoms with Crippen LogP contribution in [0.25, 0.3) is 0 Å². The number of benzene rings is 1. The van der Waals surface area contributed by atoms with Gasteiger partial charge < -0.3 is 11.1 Å². The van der Waals surface area contributed by atoms with Crippen LogP contribution in [0.2, 0.25) is 0 Å². The normalized spacial score (nSPS) is 12.0. The Kier molecular flexibility index (Phi) is 3.85. The number of rotatable bonds is 3. The van der Waals surface area contributed by atoms with Gasteiger partial charge in [0, 0.05) is 6.04 Å². The number of para-hydroxylation sites is 1. The molecule has 0 amide bonds. The summed E-state index contributed by atoms with van der Waals surface area (Å²) in [6.07, 6.45) is -4.43. The smallest absolute Gasteiger partial charge is 0.394 e. The van der Waals surface area contributed by atoms with E-state index in [4.69, 9.17) is 5.73 Å². The molecular weight excluding hydrogens is 281 g/mol. The van der Waals surface area contributed by atoms with Gasteiger partial charge in [-0.15, -0.1) is 0 Å². The Morgan fingerprint density at radius 3 is 2.43 bits per heavy atom. The highest BCUT2D eigenvalue weighted by atomic mass is 19.4. The van der Waals surface area contributed by atoms with Crippen molar-refractivity contribution >= 4 is 17.2 Å². The second-order valence-electron chi connectivity index (χ2n) is 5.05. The van der Waals surface area contributed by atoms with Crippen LogP contribution in [0.15, 0.2) is 24.3 Å². The van der Waals surface area contributed by atoms with Crippen molar-refractivity contribution in [2.45, 2.75) is 33.0 Å². The molecule has 0 atom stereocenters. The summed E-state index contributed by atoms with van der Waals surface area (Å²) in [7, 11) is 0. The summed E-state index contributed by atoms with van der Waals surface area (Å²) in [4.78, 5) is 0. The van der Waals surface area contributed by atoms with Crippen molar-refractivity contribution in [2.24, 2.45) is 0 Å². The van der Waals surface area contributed by atoms with Crippen molar-refractivity contribution in [1.29, 1.82) is 0 Å². The van der Waals surface area contributed by atoms with Gasteiger partial charge in [-0.05, 0) is 32.9 Å². The molecule has 0 spiro atoms. The minimum absolute atomic E-state index is 0.0263. The molecule has 0 radical (unpaired) electrons. The van der Waals surface area contributed by atoms with Crippen LogP contribution < -0.4 is 11.1 Å². The summed E-state index contributed by atoms with van der Waals surface area (Å²) >= 11 is 0. The Labute approximate surface area is 120 Å². The number of nitrogens with zero attached hydrogens (tertiary/aromatic N) is 2. The summed E-state index contributed by atoms with van der Waals surface area (Å²) in [5, 5.41) is 7.02. The number of halogens is 3. The second-order valence-corrected chi connectivity index (χ2v) is 5.05. The molecule has 0 aliphatic rings. The van der Waals surface area contributed by atoms with Crippen LogP contribution in [-0.2, 0) is 6.18 Å². The lowest BCUT2D eigenvalue weighted by Crippen LogP contribution is -2.12. The first-order valence-electron chi connectivity index (χ1n) is 6.49. The lowest BCUT2D eigenvalue weighted by atomic mass is 10.1. The highest BCUT2D eigenvalue weighted by Gasteiger charge is 2.33. The van der Waals surface area contributed by atoms with Crippen LogP contribution in [0.5, 0.6) is 0 Å². The maximum atomic E-state index is 13.0. The molecule has 7 heteroatoms. The Morgan fingerprint density at radius 1 is 1.24 bits per heavy atom. The van der Waals surface area contributed by atoms with Crippen molar-refractivity contribution in [3.63, 3.8) is 0 Å². The summed E-state index contributed by atoms with van der Waals surface area (Å²) in [6, 6.07) is 5.26. The Bertz CT molecular complexity index is 644. The van der Waals surface area contributed by atoms with E-state index in [1.54, 1.807) is 11.6 Å². The third-order valence-corrected chi connectivity index (χ3v) is 3.11. The van der Waals surface area contributed by atoms with Crippen LogP contribution in [0.3, 0.4) is 0 Å². The van der Waals surface area contributed by atoms with Crippen LogP contribution in [0, 0.1) is 6.92 Å². The number of aryl methyl sites for hydroxylation is 1. The average Bonchev–Trinajstić information content (AvgIpc) is 2.67. The summed E-state index contributed by atoms with van der Waals surface area (Å²) < 4.78 is 40.6. The quantitative estimate of drug-likeness (QED) is 0.896. The molecule has 21 heavy (non-hydrogen) atoms. The number of nitrogens with one attached hydrogen (secondary N) is 1. The molecule has 2 rings (SSSR count). The monoisotopic (exact) mass is 298 g/mol. The van der Waals surface area contributed by atoms with Gasteiger partial charge in [-0.2, -0.15) is 18.3 Å². The predicted molar refractivity (Wildman–Crippen MR) is 76.5 cm³/mol. The largest absolute Gasteiger partial charge is 0.418 e. The van der Waals surface area contributed by atoms with Gasteiger partial charge >= 0.3 is 6.18 Å². The molecular formula is C14H17F3N4. The van der Waals surface area contributed by atoms with E-state index in [2.05, 4.69) is 10.4 Å². The van der Waals surface area contributed by atoms with Crippen molar-refractivity contribution in [3.05, 3.63) is 35.5 Å². The number of nitrogen functional groups attached to an aromatic ring is 1. The molecule has 2 aromatic rings. The maximum absolute atomic E-state index is 13.0. The molecule has 0 saturated heterocycles. The number of hydrogen-bond acceptors (Lipinski definition) is 3. The average molecular weight is 298 g/mol. The topological polar surface area (TPSA) is 55.9 Å². The van der Waals surface area contributed by atoms with Crippen LogP contribution >= 0.6 is 0 Å². The fourth-order valence-electron chi connectivity index (χ4n) is 2.03. The van der Waals surface area contributed by atoms with Crippen LogP contribution in [0.1, 0.15) is 31.1 Å². The van der Waals surface area contributed by atoms with E-state index in [1.807, 2.05) is 13.8 Å². The molecule has 3 N–H and O–H groups in total. The first-order chi connectivity index (χ1) is 9.71. The zero-order chi connectivity index (χ0) is 15.8. The zero-order valence-electron chi connectivity index (χ0n) is 12.0. The third-order valence-electron chi connectivity index (χ3n) is 3.11. The number of aromatic nitrogens is 2. The van der Waals surface area contributed by atoms with Crippen molar-refractivity contribution in [3.8, 4) is 0 Å². The molecule has 0 bridgehead atoms. The van der Waals surface area contributed by atoms with Crippen molar-refractivity contribution in [2.75, 3.05) is 11.1 Å². The highest BCUT2D eigenvalue weighted by molar-refractivity contribution is 5.73. The molecule has 0 aliphatic heterocycles. The van der Waals surface area contributed by atoms with Gasteiger partial charge in [-0.25, -0.2) is 4.68 Å². The molecule has 0 fully saturated rings. The third kappa shape index (κ3) is 2.96. The van der Waals surface area contributed by atoms with E-state index < -0.39 is 11.7 Å². The molecule has 1 aromatic carbocycles. The molecule has 1 aromatic heterocycles.